The van der Waals surface area contributed by atoms with Gasteiger partial charge in [-0.2, -0.15) is 26.3 Å². The van der Waals surface area contributed by atoms with Crippen molar-refractivity contribution in [3.05, 3.63) is 65.0 Å². The molecule has 2 N–H and O–H groups in total. The van der Waals surface area contributed by atoms with Crippen LogP contribution in [0.1, 0.15) is 48.8 Å². The molecular formula is C27H25F8NO4S. The number of aryl methyl sites for hydroxylation is 1. The third-order valence-electron chi connectivity index (χ3n) is 8.78. The Morgan fingerprint density at radius 1 is 0.927 bits per heavy atom. The predicted octanol–water partition coefficient (Wildman–Crippen LogP) is 5.40. The Labute approximate surface area is 229 Å². The molecule has 5 nitrogen and oxygen atoms in total. The molecule has 2 aromatic carbocycles. The maximum atomic E-state index is 14.9. The fourth-order valence-electron chi connectivity index (χ4n) is 6.71. The van der Waals surface area contributed by atoms with Gasteiger partial charge in [0, 0.05) is 17.5 Å². The summed E-state index contributed by atoms with van der Waals surface area (Å²) in [5, 5.41) is 12.3. The Bertz CT molecular complexity index is 1440. The first-order valence-electron chi connectivity index (χ1n) is 12.9. The molecule has 2 saturated carbocycles. The maximum Gasteiger partial charge on any atom is 0.435 e. The monoisotopic (exact) mass is 611 g/mol. The fourth-order valence-corrected chi connectivity index (χ4v) is 9.18. The quantitative estimate of drug-likeness (QED) is 0.351. The SMILES string of the molecule is O=C(N[C@H]1C[C@H](O)C1)[C@@H]1CC[C@@]2(S(=O)(=O)c3ccc(F)cc3)c3ccc(C(F)(C(F)(F)F)C(F)(F)F)cc3CC[C@@H]12. The fraction of sp³-hybridized carbons (Fsp3) is 0.519. The maximum absolute atomic E-state index is 14.9. The topological polar surface area (TPSA) is 83.5 Å². The van der Waals surface area contributed by atoms with Gasteiger partial charge in [0.2, 0.25) is 5.91 Å². The zero-order valence-electron chi connectivity index (χ0n) is 21.2. The highest BCUT2D eigenvalue weighted by Crippen LogP contribution is 2.60. The molecule has 14 heteroatoms. The zero-order valence-corrected chi connectivity index (χ0v) is 22.0. The van der Waals surface area contributed by atoms with Crippen molar-refractivity contribution < 1.29 is 53.4 Å². The van der Waals surface area contributed by atoms with Gasteiger partial charge in [-0.15, -0.1) is 0 Å². The number of amides is 1. The minimum atomic E-state index is -6.35. The van der Waals surface area contributed by atoms with E-state index in [1.807, 2.05) is 0 Å². The number of hydrogen-bond acceptors (Lipinski definition) is 4. The lowest BCUT2D eigenvalue weighted by atomic mass is 9.72. The summed E-state index contributed by atoms with van der Waals surface area (Å²) in [6.07, 6.45) is -13.1. The van der Waals surface area contributed by atoms with Gasteiger partial charge in [0.25, 0.3) is 0 Å². The lowest BCUT2D eigenvalue weighted by Gasteiger charge is -2.43. The van der Waals surface area contributed by atoms with Crippen LogP contribution in [0.5, 0.6) is 0 Å². The predicted molar refractivity (Wildman–Crippen MR) is 128 cm³/mol. The smallest absolute Gasteiger partial charge is 0.393 e. The van der Waals surface area contributed by atoms with Gasteiger partial charge < -0.3 is 10.4 Å². The van der Waals surface area contributed by atoms with Crippen LogP contribution in [0.15, 0.2) is 47.4 Å². The van der Waals surface area contributed by atoms with E-state index < -0.39 is 67.8 Å². The second kappa shape index (κ2) is 9.65. The summed E-state index contributed by atoms with van der Waals surface area (Å²) in [7, 11) is -4.52. The first-order chi connectivity index (χ1) is 18.9. The Morgan fingerprint density at radius 3 is 2.10 bits per heavy atom. The average Bonchev–Trinajstić information content (AvgIpc) is 3.28. The van der Waals surface area contributed by atoms with E-state index in [0.717, 1.165) is 30.3 Å². The van der Waals surface area contributed by atoms with E-state index in [1.54, 1.807) is 0 Å². The summed E-state index contributed by atoms with van der Waals surface area (Å²) < 4.78 is 136. The number of halogens is 8. The van der Waals surface area contributed by atoms with E-state index in [2.05, 4.69) is 5.32 Å². The van der Waals surface area contributed by atoms with Gasteiger partial charge in [-0.25, -0.2) is 17.2 Å². The van der Waals surface area contributed by atoms with Crippen LogP contribution in [-0.4, -0.2) is 43.9 Å². The van der Waals surface area contributed by atoms with Crippen molar-refractivity contribution in [2.45, 2.75) is 78.3 Å². The summed E-state index contributed by atoms with van der Waals surface area (Å²) in [6, 6.07) is 4.98. The molecule has 3 aliphatic carbocycles. The van der Waals surface area contributed by atoms with Gasteiger partial charge in [0.1, 0.15) is 10.6 Å². The third kappa shape index (κ3) is 4.43. The van der Waals surface area contributed by atoms with Crippen LogP contribution in [0, 0.1) is 17.7 Å². The van der Waals surface area contributed by atoms with Crippen molar-refractivity contribution in [3.8, 4) is 0 Å². The second-order valence-electron chi connectivity index (χ2n) is 11.0. The average molecular weight is 612 g/mol. The van der Waals surface area contributed by atoms with Crippen LogP contribution in [0.4, 0.5) is 35.1 Å². The molecule has 1 amide bonds. The van der Waals surface area contributed by atoms with Crippen molar-refractivity contribution in [3.63, 3.8) is 0 Å². The molecule has 3 aliphatic rings. The van der Waals surface area contributed by atoms with E-state index >= 15 is 0 Å². The summed E-state index contributed by atoms with van der Waals surface area (Å²) in [6.45, 7) is 0. The van der Waals surface area contributed by atoms with Crippen molar-refractivity contribution in [1.29, 1.82) is 0 Å². The highest BCUT2D eigenvalue weighted by Gasteiger charge is 2.74. The normalized spacial score (nSPS) is 28.4. The number of rotatable bonds is 5. The summed E-state index contributed by atoms with van der Waals surface area (Å²) in [4.78, 5) is 12.9. The number of alkyl halides is 7. The zero-order chi connectivity index (χ0) is 30.2. The summed E-state index contributed by atoms with van der Waals surface area (Å²) >= 11 is 0. The van der Waals surface area contributed by atoms with E-state index in [1.165, 1.54) is 0 Å². The molecular weight excluding hydrogens is 586 g/mol. The number of benzene rings is 2. The first kappa shape index (κ1) is 29.7. The van der Waals surface area contributed by atoms with Crippen LogP contribution in [0.25, 0.3) is 0 Å². The van der Waals surface area contributed by atoms with Crippen LogP contribution < -0.4 is 5.32 Å². The van der Waals surface area contributed by atoms with E-state index in [9.17, 15) is 53.4 Å². The number of aliphatic hydroxyl groups excluding tert-OH is 1. The minimum absolute atomic E-state index is 0.0333. The number of nitrogens with one attached hydrogen (secondary N) is 1. The van der Waals surface area contributed by atoms with Crippen molar-refractivity contribution in [2.75, 3.05) is 0 Å². The number of aliphatic hydroxyl groups is 1. The second-order valence-corrected chi connectivity index (χ2v) is 13.2. The summed E-state index contributed by atoms with van der Waals surface area (Å²) in [5.74, 6) is -3.01. The van der Waals surface area contributed by atoms with Gasteiger partial charge in [-0.05, 0) is 79.8 Å². The molecule has 0 radical (unpaired) electrons. The molecule has 2 aromatic rings. The van der Waals surface area contributed by atoms with Crippen molar-refractivity contribution >= 4 is 15.7 Å². The van der Waals surface area contributed by atoms with Crippen LogP contribution in [0.2, 0.25) is 0 Å². The highest BCUT2D eigenvalue weighted by atomic mass is 32.2. The lowest BCUT2D eigenvalue weighted by molar-refractivity contribution is -0.348. The molecule has 0 spiro atoms. The molecule has 5 rings (SSSR count). The van der Waals surface area contributed by atoms with Crippen LogP contribution >= 0.6 is 0 Å². The van der Waals surface area contributed by atoms with Gasteiger partial charge in [0.05, 0.1) is 11.0 Å². The van der Waals surface area contributed by atoms with Gasteiger partial charge in [0.15, 0.2) is 9.84 Å². The van der Waals surface area contributed by atoms with Gasteiger partial charge in [-0.1, -0.05) is 18.2 Å². The molecule has 0 aromatic heterocycles. The number of hydrogen-bond donors (Lipinski definition) is 2. The molecule has 224 valence electrons. The Kier molecular flexibility index (Phi) is 7.00. The highest BCUT2D eigenvalue weighted by molar-refractivity contribution is 7.92. The molecule has 2 fully saturated rings. The number of sulfone groups is 1. The van der Waals surface area contributed by atoms with E-state index in [0.29, 0.717) is 25.0 Å². The minimum Gasteiger partial charge on any atom is -0.393 e. The van der Waals surface area contributed by atoms with Crippen molar-refractivity contribution in [1.82, 2.24) is 5.32 Å². The number of fused-ring (bicyclic) bond motifs is 3. The van der Waals surface area contributed by atoms with E-state index in [-0.39, 0.29) is 47.7 Å². The Balaban J connectivity index is 1.64. The van der Waals surface area contributed by atoms with Crippen LogP contribution in [0.3, 0.4) is 0 Å². The molecule has 0 bridgehead atoms. The largest absolute Gasteiger partial charge is 0.435 e. The van der Waals surface area contributed by atoms with Crippen molar-refractivity contribution in [2.24, 2.45) is 11.8 Å². The standard InChI is InChI=1S/C27H25F8NO4S/c28-16-3-5-19(6-4-16)41(39,40)24-10-9-20(23(38)36-17-12-18(37)13-17)22(24)7-1-14-11-15(2-8-21(14)24)25(29,26(30,31)32)27(33,34)35/h2-6,8,11,17-18,20,22,37H,1,7,9-10,12-13H2,(H,36,38)/t17-,18-,20-,22+,24-/m1/s1. The number of carbonyl (C=O) groups excluding carboxylic acids is 1. The summed E-state index contributed by atoms with van der Waals surface area (Å²) in [5.41, 5.74) is -7.73. The third-order valence-corrected chi connectivity index (χ3v) is 11.4. The molecule has 0 saturated heterocycles. The molecule has 0 aliphatic heterocycles. The van der Waals surface area contributed by atoms with Gasteiger partial charge in [-0.3, -0.25) is 4.79 Å². The number of carbonyl (C=O) groups is 1. The Hall–Kier alpha value is -2.74. The molecule has 41 heavy (non-hydrogen) atoms. The van der Waals surface area contributed by atoms with Gasteiger partial charge >= 0.3 is 18.0 Å². The Morgan fingerprint density at radius 2 is 1.54 bits per heavy atom. The molecule has 3 atom stereocenters. The first-order valence-corrected chi connectivity index (χ1v) is 14.4. The van der Waals surface area contributed by atoms with Crippen LogP contribution in [-0.2, 0) is 31.5 Å². The molecule has 0 heterocycles. The molecule has 0 unspecified atom stereocenters. The lowest BCUT2D eigenvalue weighted by Crippen LogP contribution is -2.52. The van der Waals surface area contributed by atoms with E-state index in [4.69, 9.17) is 0 Å².